The van der Waals surface area contributed by atoms with E-state index in [1.807, 2.05) is 12.3 Å². The van der Waals surface area contributed by atoms with Gasteiger partial charge in [-0.2, -0.15) is 0 Å². The lowest BCUT2D eigenvalue weighted by Gasteiger charge is -2.31. The fraction of sp³-hybridized carbons (Fsp3) is 0.500. The Labute approximate surface area is 143 Å². The number of aromatic nitrogens is 2. The van der Waals surface area contributed by atoms with Gasteiger partial charge in [0.15, 0.2) is 5.13 Å². The van der Waals surface area contributed by atoms with Crippen molar-refractivity contribution in [3.05, 3.63) is 33.9 Å². The van der Waals surface area contributed by atoms with Crippen molar-refractivity contribution in [1.29, 1.82) is 0 Å². The number of nitrogens with one attached hydrogen (secondary N) is 1. The second kappa shape index (κ2) is 6.26. The summed E-state index contributed by atoms with van der Waals surface area (Å²) in [4.78, 5) is 11.8. The Balaban J connectivity index is 1.42. The molecule has 0 aromatic carbocycles. The van der Waals surface area contributed by atoms with Crippen LogP contribution in [-0.2, 0) is 0 Å². The summed E-state index contributed by atoms with van der Waals surface area (Å²) in [5.74, 6) is 1.49. The van der Waals surface area contributed by atoms with Crippen molar-refractivity contribution in [2.45, 2.75) is 37.6 Å². The molecule has 2 aliphatic rings. The normalized spacial score (nSPS) is 20.2. The van der Waals surface area contributed by atoms with Gasteiger partial charge >= 0.3 is 0 Å². The molecule has 2 fully saturated rings. The molecular formula is C16H19BrN4S. The molecule has 116 valence electrons. The molecule has 4 nitrogen and oxygen atoms in total. The maximum Gasteiger partial charge on any atom is 0.189 e. The van der Waals surface area contributed by atoms with Crippen molar-refractivity contribution in [3.8, 4) is 0 Å². The summed E-state index contributed by atoms with van der Waals surface area (Å²) in [5, 5.41) is 4.17. The van der Waals surface area contributed by atoms with Gasteiger partial charge in [0.2, 0.25) is 0 Å². The van der Waals surface area contributed by atoms with Crippen LogP contribution in [0.3, 0.4) is 0 Å². The molecule has 0 amide bonds. The van der Waals surface area contributed by atoms with Gasteiger partial charge in [-0.05, 0) is 66.8 Å². The first kappa shape index (κ1) is 14.6. The van der Waals surface area contributed by atoms with Crippen LogP contribution >= 0.6 is 27.3 Å². The predicted octanol–water partition coefficient (Wildman–Crippen LogP) is 4.39. The molecule has 2 aromatic rings. The summed E-state index contributed by atoms with van der Waals surface area (Å²) in [6.45, 7) is 2.46. The van der Waals surface area contributed by atoms with Gasteiger partial charge < -0.3 is 10.2 Å². The zero-order valence-corrected chi connectivity index (χ0v) is 14.7. The van der Waals surface area contributed by atoms with Gasteiger partial charge in [-0.25, -0.2) is 9.97 Å². The van der Waals surface area contributed by atoms with E-state index in [1.165, 1.54) is 44.5 Å². The zero-order valence-electron chi connectivity index (χ0n) is 12.3. The van der Waals surface area contributed by atoms with E-state index in [0.29, 0.717) is 5.92 Å². The lowest BCUT2D eigenvalue weighted by molar-refractivity contribution is 0.202. The van der Waals surface area contributed by atoms with E-state index in [0.717, 1.165) is 20.8 Å². The van der Waals surface area contributed by atoms with E-state index in [9.17, 15) is 0 Å². The first-order valence-electron chi connectivity index (χ1n) is 7.87. The Morgan fingerprint density at radius 1 is 1.18 bits per heavy atom. The van der Waals surface area contributed by atoms with Crippen molar-refractivity contribution in [3.63, 3.8) is 0 Å². The van der Waals surface area contributed by atoms with Crippen molar-refractivity contribution in [2.75, 3.05) is 18.4 Å². The average Bonchev–Trinajstić information content (AvgIpc) is 3.31. The molecule has 1 N–H and O–H groups in total. The molecule has 2 aromatic heterocycles. The van der Waals surface area contributed by atoms with Crippen molar-refractivity contribution in [2.24, 2.45) is 0 Å². The highest BCUT2D eigenvalue weighted by atomic mass is 79.9. The number of anilines is 2. The third kappa shape index (κ3) is 3.34. The first-order chi connectivity index (χ1) is 10.8. The minimum Gasteiger partial charge on any atom is -0.316 e. The quantitative estimate of drug-likeness (QED) is 0.856. The van der Waals surface area contributed by atoms with Crippen molar-refractivity contribution >= 4 is 38.2 Å². The maximum atomic E-state index is 4.81. The van der Waals surface area contributed by atoms with E-state index < -0.39 is 0 Å². The Bertz CT molecular complexity index is 647. The first-order valence-corrected chi connectivity index (χ1v) is 9.48. The number of nitrogens with zero attached hydrogens (tertiary/aromatic N) is 3. The zero-order chi connectivity index (χ0) is 14.9. The van der Waals surface area contributed by atoms with Crippen molar-refractivity contribution < 1.29 is 0 Å². The van der Waals surface area contributed by atoms with Crippen LogP contribution < -0.4 is 5.32 Å². The summed E-state index contributed by atoms with van der Waals surface area (Å²) >= 11 is 5.02. The minimum absolute atomic E-state index is 0.597. The van der Waals surface area contributed by atoms with E-state index in [2.05, 4.69) is 43.3 Å². The monoisotopic (exact) mass is 378 g/mol. The topological polar surface area (TPSA) is 41.1 Å². The van der Waals surface area contributed by atoms with Crippen LogP contribution in [0.25, 0.3) is 0 Å². The summed E-state index contributed by atoms with van der Waals surface area (Å²) in [6.07, 6.45) is 7.09. The number of thiazole rings is 1. The smallest absolute Gasteiger partial charge is 0.189 e. The molecule has 0 bridgehead atoms. The van der Waals surface area contributed by atoms with Gasteiger partial charge in [0.1, 0.15) is 5.82 Å². The van der Waals surface area contributed by atoms with Crippen LogP contribution in [0.1, 0.15) is 37.3 Å². The second-order valence-corrected chi connectivity index (χ2v) is 8.49. The number of hydrogen-bond acceptors (Lipinski definition) is 5. The summed E-state index contributed by atoms with van der Waals surface area (Å²) in [7, 11) is 0. The Hall–Kier alpha value is -0.980. The number of hydrogen-bond donors (Lipinski definition) is 1. The van der Waals surface area contributed by atoms with Gasteiger partial charge in [0, 0.05) is 17.7 Å². The summed E-state index contributed by atoms with van der Waals surface area (Å²) in [5.41, 5.74) is 1.22. The molecule has 1 saturated heterocycles. The fourth-order valence-electron chi connectivity index (χ4n) is 3.17. The van der Waals surface area contributed by atoms with E-state index >= 15 is 0 Å². The molecule has 0 radical (unpaired) electrons. The van der Waals surface area contributed by atoms with Crippen LogP contribution in [-0.4, -0.2) is 34.0 Å². The fourth-order valence-corrected chi connectivity index (χ4v) is 4.28. The standard InChI is InChI=1S/C16H19BrN4S/c17-14-10-18-16(22-14)20-15-3-1-2-13(19-15)11-6-8-21(9-7-11)12-4-5-12/h1-3,10-12H,4-9H2,(H,18,19,20). The molecular weight excluding hydrogens is 360 g/mol. The van der Waals surface area contributed by atoms with E-state index in [4.69, 9.17) is 4.98 Å². The minimum atomic E-state index is 0.597. The highest BCUT2D eigenvalue weighted by Gasteiger charge is 2.32. The van der Waals surface area contributed by atoms with Gasteiger partial charge in [-0.15, -0.1) is 0 Å². The molecule has 1 aliphatic heterocycles. The Kier molecular flexibility index (Phi) is 4.15. The second-order valence-electron chi connectivity index (χ2n) is 6.08. The van der Waals surface area contributed by atoms with Gasteiger partial charge in [-0.1, -0.05) is 17.4 Å². The number of pyridine rings is 1. The predicted molar refractivity (Wildman–Crippen MR) is 93.9 cm³/mol. The third-order valence-corrected chi connectivity index (χ3v) is 5.89. The lowest BCUT2D eigenvalue weighted by atomic mass is 9.93. The Morgan fingerprint density at radius 3 is 2.68 bits per heavy atom. The van der Waals surface area contributed by atoms with Crippen LogP contribution in [0.15, 0.2) is 28.2 Å². The maximum absolute atomic E-state index is 4.81. The lowest BCUT2D eigenvalue weighted by Crippen LogP contribution is -2.34. The van der Waals surface area contributed by atoms with Gasteiger partial charge in [-0.3, -0.25) is 0 Å². The Morgan fingerprint density at radius 2 is 2.00 bits per heavy atom. The van der Waals surface area contributed by atoms with Gasteiger partial charge in [0.05, 0.1) is 9.98 Å². The van der Waals surface area contributed by atoms with Crippen LogP contribution in [0, 0.1) is 0 Å². The number of piperidine rings is 1. The summed E-state index contributed by atoms with van der Waals surface area (Å²) in [6, 6.07) is 7.17. The molecule has 0 atom stereocenters. The average molecular weight is 379 g/mol. The molecule has 1 aliphatic carbocycles. The van der Waals surface area contributed by atoms with E-state index in [-0.39, 0.29) is 0 Å². The summed E-state index contributed by atoms with van der Waals surface area (Å²) < 4.78 is 1.03. The number of halogens is 1. The van der Waals surface area contributed by atoms with E-state index in [1.54, 1.807) is 11.3 Å². The molecule has 0 spiro atoms. The number of rotatable bonds is 4. The highest BCUT2D eigenvalue weighted by molar-refractivity contribution is 9.11. The van der Waals surface area contributed by atoms with Gasteiger partial charge in [0.25, 0.3) is 0 Å². The number of likely N-dealkylation sites (tertiary alicyclic amines) is 1. The van der Waals surface area contributed by atoms with Crippen LogP contribution in [0.4, 0.5) is 10.9 Å². The third-order valence-electron chi connectivity index (χ3n) is 4.49. The molecule has 22 heavy (non-hydrogen) atoms. The van der Waals surface area contributed by atoms with Crippen molar-refractivity contribution in [1.82, 2.24) is 14.9 Å². The molecule has 1 saturated carbocycles. The van der Waals surface area contributed by atoms with Crippen LogP contribution in [0.5, 0.6) is 0 Å². The van der Waals surface area contributed by atoms with Crippen LogP contribution in [0.2, 0.25) is 0 Å². The largest absolute Gasteiger partial charge is 0.316 e. The molecule has 6 heteroatoms. The SMILES string of the molecule is Brc1cnc(Nc2cccc(C3CCN(C4CC4)CC3)n2)s1. The highest BCUT2D eigenvalue weighted by Crippen LogP contribution is 2.34. The molecule has 3 heterocycles. The molecule has 4 rings (SSSR count). The molecule has 0 unspecified atom stereocenters.